The first-order valence-electron chi connectivity index (χ1n) is 5.47. The van der Waals surface area contributed by atoms with Gasteiger partial charge in [-0.15, -0.1) is 0 Å². The van der Waals surface area contributed by atoms with Gasteiger partial charge < -0.3 is 4.74 Å². The van der Waals surface area contributed by atoms with Gasteiger partial charge >= 0.3 is 0 Å². The number of hydrogen-bond donors (Lipinski definition) is 0. The van der Waals surface area contributed by atoms with Crippen molar-refractivity contribution in [1.29, 1.82) is 0 Å². The van der Waals surface area contributed by atoms with Crippen LogP contribution in [0.15, 0.2) is 40.9 Å². The fraction of sp³-hybridized carbons (Fsp3) is 0.286. The van der Waals surface area contributed by atoms with Gasteiger partial charge in [-0.3, -0.25) is 0 Å². The Hall–Kier alpha value is -1.02. The number of ether oxygens (including phenoxy) is 1. The lowest BCUT2D eigenvalue weighted by Crippen LogP contribution is -2.04. The third-order valence-electron chi connectivity index (χ3n) is 2.36. The van der Waals surface area contributed by atoms with Crippen molar-refractivity contribution < 1.29 is 4.74 Å². The maximum absolute atomic E-state index is 5.69. The number of benzene rings is 2. The largest absolute Gasteiger partial charge is 0.493 e. The molecule has 0 aliphatic heterocycles. The first-order valence-corrected chi connectivity index (χ1v) is 6.26. The van der Waals surface area contributed by atoms with E-state index in [1.54, 1.807) is 0 Å². The third-order valence-corrected chi connectivity index (χ3v) is 2.85. The summed E-state index contributed by atoms with van der Waals surface area (Å²) >= 11 is 3.47. The van der Waals surface area contributed by atoms with Crippen LogP contribution in [0, 0.1) is 5.92 Å². The van der Waals surface area contributed by atoms with Crippen molar-refractivity contribution >= 4 is 26.7 Å². The average Bonchev–Trinajstić information content (AvgIpc) is 2.26. The molecule has 0 aliphatic carbocycles. The molecular formula is C14H15BrO. The van der Waals surface area contributed by atoms with E-state index in [-0.39, 0.29) is 0 Å². The van der Waals surface area contributed by atoms with Gasteiger partial charge in [-0.25, -0.2) is 0 Å². The van der Waals surface area contributed by atoms with Gasteiger partial charge in [-0.05, 0) is 41.0 Å². The molecule has 0 unspecified atom stereocenters. The summed E-state index contributed by atoms with van der Waals surface area (Å²) in [5.41, 5.74) is 0. The van der Waals surface area contributed by atoms with Crippen molar-refractivity contribution in [2.24, 2.45) is 5.92 Å². The quantitative estimate of drug-likeness (QED) is 0.795. The van der Waals surface area contributed by atoms with Crippen LogP contribution in [0.1, 0.15) is 13.8 Å². The van der Waals surface area contributed by atoms with Gasteiger partial charge in [0, 0.05) is 4.47 Å². The molecule has 2 rings (SSSR count). The lowest BCUT2D eigenvalue weighted by molar-refractivity contribution is 0.271. The van der Waals surface area contributed by atoms with E-state index in [4.69, 9.17) is 4.74 Å². The predicted octanol–water partition coefficient (Wildman–Crippen LogP) is 4.64. The van der Waals surface area contributed by atoms with Gasteiger partial charge in [-0.1, -0.05) is 41.9 Å². The molecule has 0 amide bonds. The summed E-state index contributed by atoms with van der Waals surface area (Å²) in [6.45, 7) is 5.07. The van der Waals surface area contributed by atoms with Crippen LogP contribution < -0.4 is 4.74 Å². The van der Waals surface area contributed by atoms with Gasteiger partial charge in [-0.2, -0.15) is 0 Å². The smallest absolute Gasteiger partial charge is 0.119 e. The third kappa shape index (κ3) is 2.76. The van der Waals surface area contributed by atoms with Crippen LogP contribution in [-0.4, -0.2) is 6.61 Å². The number of halogens is 1. The Kier molecular flexibility index (Phi) is 3.49. The second-order valence-electron chi connectivity index (χ2n) is 4.36. The fourth-order valence-electron chi connectivity index (χ4n) is 1.55. The summed E-state index contributed by atoms with van der Waals surface area (Å²) in [6, 6.07) is 12.5. The molecule has 0 aliphatic rings. The molecule has 2 aromatic carbocycles. The van der Waals surface area contributed by atoms with Crippen LogP contribution in [0.4, 0.5) is 0 Å². The molecular weight excluding hydrogens is 264 g/mol. The summed E-state index contributed by atoms with van der Waals surface area (Å²) in [6.07, 6.45) is 0. The molecule has 0 fully saturated rings. The normalized spacial score (nSPS) is 11.0. The second kappa shape index (κ2) is 4.88. The molecule has 1 nitrogen and oxygen atoms in total. The van der Waals surface area contributed by atoms with Gasteiger partial charge in [0.1, 0.15) is 5.75 Å². The number of rotatable bonds is 3. The minimum Gasteiger partial charge on any atom is -0.493 e. The number of fused-ring (bicyclic) bond motifs is 1. The zero-order chi connectivity index (χ0) is 11.5. The van der Waals surface area contributed by atoms with Gasteiger partial charge in [0.05, 0.1) is 6.61 Å². The Morgan fingerprint density at radius 2 is 1.75 bits per heavy atom. The molecule has 0 aromatic heterocycles. The van der Waals surface area contributed by atoms with Crippen LogP contribution in [-0.2, 0) is 0 Å². The van der Waals surface area contributed by atoms with E-state index in [0.29, 0.717) is 5.92 Å². The SMILES string of the molecule is CC(C)COc1ccc2cc(Br)ccc2c1. The molecule has 2 aromatic rings. The van der Waals surface area contributed by atoms with E-state index in [1.165, 1.54) is 10.8 Å². The summed E-state index contributed by atoms with van der Waals surface area (Å²) in [4.78, 5) is 0. The summed E-state index contributed by atoms with van der Waals surface area (Å²) in [7, 11) is 0. The Balaban J connectivity index is 2.26. The van der Waals surface area contributed by atoms with Gasteiger partial charge in [0.2, 0.25) is 0 Å². The van der Waals surface area contributed by atoms with Crippen LogP contribution >= 0.6 is 15.9 Å². The summed E-state index contributed by atoms with van der Waals surface area (Å²) in [5.74, 6) is 1.50. The Morgan fingerprint density at radius 3 is 2.50 bits per heavy atom. The Morgan fingerprint density at radius 1 is 1.06 bits per heavy atom. The lowest BCUT2D eigenvalue weighted by atomic mass is 10.1. The van der Waals surface area contributed by atoms with Crippen molar-refractivity contribution in [3.8, 4) is 5.75 Å². The maximum atomic E-state index is 5.69. The number of hydrogen-bond acceptors (Lipinski definition) is 1. The topological polar surface area (TPSA) is 9.23 Å². The molecule has 0 bridgehead atoms. The highest BCUT2D eigenvalue weighted by atomic mass is 79.9. The van der Waals surface area contributed by atoms with E-state index in [0.717, 1.165) is 16.8 Å². The van der Waals surface area contributed by atoms with E-state index in [2.05, 4.69) is 60.1 Å². The van der Waals surface area contributed by atoms with Crippen LogP contribution in [0.3, 0.4) is 0 Å². The van der Waals surface area contributed by atoms with Crippen molar-refractivity contribution in [2.75, 3.05) is 6.61 Å². The highest BCUT2D eigenvalue weighted by Crippen LogP contribution is 2.24. The molecule has 0 saturated carbocycles. The van der Waals surface area contributed by atoms with Crippen LogP contribution in [0.25, 0.3) is 10.8 Å². The highest BCUT2D eigenvalue weighted by molar-refractivity contribution is 9.10. The average molecular weight is 279 g/mol. The van der Waals surface area contributed by atoms with E-state index in [9.17, 15) is 0 Å². The molecule has 2 heteroatoms. The Bertz CT molecular complexity index is 491. The summed E-state index contributed by atoms with van der Waals surface area (Å²) < 4.78 is 6.80. The van der Waals surface area contributed by atoms with E-state index in [1.807, 2.05) is 6.07 Å². The lowest BCUT2D eigenvalue weighted by Gasteiger charge is -2.09. The Labute approximate surface area is 105 Å². The monoisotopic (exact) mass is 278 g/mol. The molecule has 0 atom stereocenters. The molecule has 0 saturated heterocycles. The maximum Gasteiger partial charge on any atom is 0.119 e. The molecule has 84 valence electrons. The van der Waals surface area contributed by atoms with Crippen LogP contribution in [0.5, 0.6) is 5.75 Å². The van der Waals surface area contributed by atoms with Gasteiger partial charge in [0.25, 0.3) is 0 Å². The summed E-state index contributed by atoms with van der Waals surface area (Å²) in [5, 5.41) is 2.44. The first kappa shape index (κ1) is 11.5. The van der Waals surface area contributed by atoms with Crippen molar-refractivity contribution in [1.82, 2.24) is 0 Å². The first-order chi connectivity index (χ1) is 7.65. The van der Waals surface area contributed by atoms with E-state index >= 15 is 0 Å². The predicted molar refractivity (Wildman–Crippen MR) is 72.0 cm³/mol. The minimum absolute atomic E-state index is 0.556. The zero-order valence-corrected chi connectivity index (χ0v) is 11.1. The molecule has 0 spiro atoms. The minimum atomic E-state index is 0.556. The molecule has 0 radical (unpaired) electrons. The van der Waals surface area contributed by atoms with Crippen molar-refractivity contribution in [3.05, 3.63) is 40.9 Å². The van der Waals surface area contributed by atoms with Gasteiger partial charge in [0.15, 0.2) is 0 Å². The zero-order valence-electron chi connectivity index (χ0n) is 9.53. The molecule has 16 heavy (non-hydrogen) atoms. The van der Waals surface area contributed by atoms with Crippen LogP contribution in [0.2, 0.25) is 0 Å². The van der Waals surface area contributed by atoms with E-state index < -0.39 is 0 Å². The molecule has 0 heterocycles. The molecule has 0 N–H and O–H groups in total. The highest BCUT2D eigenvalue weighted by Gasteiger charge is 1.99. The van der Waals surface area contributed by atoms with Crippen molar-refractivity contribution in [2.45, 2.75) is 13.8 Å². The second-order valence-corrected chi connectivity index (χ2v) is 5.27. The standard InChI is InChI=1S/C14H15BrO/c1-10(2)9-16-14-6-4-11-7-13(15)5-3-12(11)8-14/h3-8,10H,9H2,1-2H3. The van der Waals surface area contributed by atoms with Crippen molar-refractivity contribution in [3.63, 3.8) is 0 Å². The fourth-order valence-corrected chi connectivity index (χ4v) is 1.93.